The maximum atomic E-state index is 5.98. The number of halogens is 2. The molecule has 1 aliphatic heterocycles. The van der Waals surface area contributed by atoms with E-state index in [1.54, 1.807) is 0 Å². The highest BCUT2D eigenvalue weighted by atomic mass is 79.9. The molecule has 2 fully saturated rings. The van der Waals surface area contributed by atoms with Crippen molar-refractivity contribution in [1.82, 2.24) is 0 Å². The first-order chi connectivity index (χ1) is 9.41. The van der Waals surface area contributed by atoms with Crippen LogP contribution in [0.5, 0.6) is 0 Å². The van der Waals surface area contributed by atoms with Crippen LogP contribution in [0.1, 0.15) is 32.3 Å². The normalized spacial score (nSPS) is 31.4. The largest absolute Gasteiger partial charge is 0.379 e. The number of rotatable bonds is 2. The van der Waals surface area contributed by atoms with Crippen LogP contribution in [0.3, 0.4) is 0 Å². The van der Waals surface area contributed by atoms with E-state index in [-0.39, 0.29) is 5.41 Å². The molecule has 2 nitrogen and oxygen atoms in total. The second kappa shape index (κ2) is 5.29. The van der Waals surface area contributed by atoms with Gasteiger partial charge in [0.2, 0.25) is 0 Å². The molecule has 1 aliphatic carbocycles. The van der Waals surface area contributed by atoms with Crippen LogP contribution in [0.25, 0.3) is 0 Å². The summed E-state index contributed by atoms with van der Waals surface area (Å²) in [6, 6.07) is 4.80. The van der Waals surface area contributed by atoms with E-state index < -0.39 is 0 Å². The lowest BCUT2D eigenvalue weighted by Crippen LogP contribution is -2.67. The van der Waals surface area contributed by atoms with Gasteiger partial charge in [-0.3, -0.25) is 0 Å². The zero-order chi connectivity index (χ0) is 14.5. The first-order valence-electron chi connectivity index (χ1n) is 7.25. The number of fused-ring (bicyclic) bond motifs is 1. The van der Waals surface area contributed by atoms with E-state index in [9.17, 15) is 0 Å². The Morgan fingerprint density at radius 2 is 1.90 bits per heavy atom. The molecule has 4 heteroatoms. The molecule has 3 atom stereocenters. The van der Waals surface area contributed by atoms with Gasteiger partial charge in [-0.25, -0.2) is 0 Å². The maximum Gasteiger partial charge on any atom is 0.0693 e. The summed E-state index contributed by atoms with van der Waals surface area (Å²) >= 11 is 7.36. The van der Waals surface area contributed by atoms with Crippen molar-refractivity contribution in [2.75, 3.05) is 11.9 Å². The summed E-state index contributed by atoms with van der Waals surface area (Å²) in [5.74, 6) is 0.638. The molecule has 0 bridgehead atoms. The molecule has 3 unspecified atom stereocenters. The van der Waals surface area contributed by atoms with Gasteiger partial charge >= 0.3 is 0 Å². The molecule has 0 aromatic heterocycles. The Morgan fingerprint density at radius 3 is 2.55 bits per heavy atom. The van der Waals surface area contributed by atoms with Crippen LogP contribution in [0.4, 0.5) is 5.69 Å². The first-order valence-corrected chi connectivity index (χ1v) is 8.83. The number of hydrogen-bond acceptors (Lipinski definition) is 2. The van der Waals surface area contributed by atoms with E-state index in [0.29, 0.717) is 18.1 Å². The van der Waals surface area contributed by atoms with E-state index in [2.05, 4.69) is 70.1 Å². The van der Waals surface area contributed by atoms with Gasteiger partial charge in [0.05, 0.1) is 11.8 Å². The Labute approximate surface area is 137 Å². The Morgan fingerprint density at radius 1 is 1.25 bits per heavy atom. The second-order valence-corrected chi connectivity index (χ2v) is 8.35. The molecule has 0 spiro atoms. The Hall–Kier alpha value is -0.0600. The fourth-order valence-corrected chi connectivity index (χ4v) is 5.45. The lowest BCUT2D eigenvalue weighted by Gasteiger charge is -2.60. The molecule has 1 saturated carbocycles. The molecule has 2 aliphatic rings. The van der Waals surface area contributed by atoms with Crippen molar-refractivity contribution in [3.63, 3.8) is 0 Å². The lowest BCUT2D eigenvalue weighted by atomic mass is 9.55. The quantitative estimate of drug-likeness (QED) is 0.739. The van der Waals surface area contributed by atoms with Gasteiger partial charge in [0.25, 0.3) is 0 Å². The Balaban J connectivity index is 1.85. The molecule has 3 rings (SSSR count). The van der Waals surface area contributed by atoms with Gasteiger partial charge in [0.15, 0.2) is 0 Å². The van der Waals surface area contributed by atoms with Crippen molar-refractivity contribution < 1.29 is 4.74 Å². The standard InChI is InChI=1S/C16H21Br2NO/c1-9-7-11(17)13(12(18)8-9)19-14-10-5-4-6-20-15(10)16(14,2)3/h7-8,10,14-15,19H,4-6H2,1-3H3. The summed E-state index contributed by atoms with van der Waals surface area (Å²) < 4.78 is 8.23. The minimum absolute atomic E-state index is 0.189. The van der Waals surface area contributed by atoms with Crippen LogP contribution >= 0.6 is 31.9 Å². The minimum Gasteiger partial charge on any atom is -0.379 e. The highest BCUT2D eigenvalue weighted by molar-refractivity contribution is 9.11. The van der Waals surface area contributed by atoms with Crippen LogP contribution in [0, 0.1) is 18.3 Å². The minimum atomic E-state index is 0.189. The maximum absolute atomic E-state index is 5.98. The van der Waals surface area contributed by atoms with Gasteiger partial charge < -0.3 is 10.1 Å². The summed E-state index contributed by atoms with van der Waals surface area (Å²) in [6.07, 6.45) is 2.87. The third-order valence-electron chi connectivity index (χ3n) is 4.82. The van der Waals surface area contributed by atoms with E-state index >= 15 is 0 Å². The molecule has 1 aromatic carbocycles. The molecule has 20 heavy (non-hydrogen) atoms. The number of aryl methyl sites for hydroxylation is 1. The van der Waals surface area contributed by atoms with Crippen molar-refractivity contribution in [3.05, 3.63) is 26.6 Å². The van der Waals surface area contributed by atoms with Crippen LogP contribution in [0.2, 0.25) is 0 Å². The highest BCUT2D eigenvalue weighted by Gasteiger charge is 2.58. The van der Waals surface area contributed by atoms with Gasteiger partial charge in [0, 0.05) is 32.9 Å². The third kappa shape index (κ3) is 2.34. The summed E-state index contributed by atoms with van der Waals surface area (Å²) in [4.78, 5) is 0. The topological polar surface area (TPSA) is 21.3 Å². The first kappa shape index (κ1) is 14.9. The third-order valence-corrected chi connectivity index (χ3v) is 6.07. The van der Waals surface area contributed by atoms with Crippen molar-refractivity contribution in [3.8, 4) is 0 Å². The number of benzene rings is 1. The molecule has 1 heterocycles. The fourth-order valence-electron chi connectivity index (χ4n) is 3.81. The number of ether oxygens (including phenoxy) is 1. The van der Waals surface area contributed by atoms with Crippen molar-refractivity contribution in [2.24, 2.45) is 11.3 Å². The molecule has 1 N–H and O–H groups in total. The van der Waals surface area contributed by atoms with Crippen LogP contribution in [-0.4, -0.2) is 18.8 Å². The molecular weight excluding hydrogens is 382 g/mol. The van der Waals surface area contributed by atoms with E-state index in [1.807, 2.05) is 0 Å². The molecule has 1 saturated heterocycles. The number of anilines is 1. The average Bonchev–Trinajstić information content (AvgIpc) is 2.37. The van der Waals surface area contributed by atoms with Gasteiger partial charge in [-0.15, -0.1) is 0 Å². The Kier molecular flexibility index (Phi) is 3.93. The predicted molar refractivity (Wildman–Crippen MR) is 90.2 cm³/mol. The molecule has 1 aromatic rings. The molecular formula is C16H21Br2NO. The average molecular weight is 403 g/mol. The summed E-state index contributed by atoms with van der Waals surface area (Å²) in [6.45, 7) is 7.66. The van der Waals surface area contributed by atoms with Crippen LogP contribution in [0.15, 0.2) is 21.1 Å². The van der Waals surface area contributed by atoms with E-state index in [0.717, 1.165) is 21.2 Å². The fraction of sp³-hybridized carbons (Fsp3) is 0.625. The van der Waals surface area contributed by atoms with Crippen LogP contribution in [-0.2, 0) is 4.74 Å². The van der Waals surface area contributed by atoms with E-state index in [1.165, 1.54) is 18.4 Å². The highest BCUT2D eigenvalue weighted by Crippen LogP contribution is 2.53. The van der Waals surface area contributed by atoms with Crippen molar-refractivity contribution in [2.45, 2.75) is 45.8 Å². The van der Waals surface area contributed by atoms with E-state index in [4.69, 9.17) is 4.74 Å². The molecule has 0 amide bonds. The zero-order valence-corrected chi connectivity index (χ0v) is 15.3. The van der Waals surface area contributed by atoms with Gasteiger partial charge in [-0.1, -0.05) is 13.8 Å². The smallest absolute Gasteiger partial charge is 0.0693 e. The monoisotopic (exact) mass is 401 g/mol. The van der Waals surface area contributed by atoms with Crippen LogP contribution < -0.4 is 5.32 Å². The summed E-state index contributed by atoms with van der Waals surface area (Å²) in [5.41, 5.74) is 2.60. The SMILES string of the molecule is Cc1cc(Br)c(NC2C3CCCOC3C2(C)C)c(Br)c1. The molecule has 110 valence electrons. The second-order valence-electron chi connectivity index (χ2n) is 6.64. The van der Waals surface area contributed by atoms with Gasteiger partial charge in [0.1, 0.15) is 0 Å². The number of nitrogens with one attached hydrogen (secondary N) is 1. The van der Waals surface area contributed by atoms with Crippen molar-refractivity contribution in [1.29, 1.82) is 0 Å². The predicted octanol–water partition coefficient (Wildman–Crippen LogP) is 5.14. The zero-order valence-electron chi connectivity index (χ0n) is 12.2. The lowest BCUT2D eigenvalue weighted by molar-refractivity contribution is -0.177. The Bertz CT molecular complexity index is 506. The summed E-state index contributed by atoms with van der Waals surface area (Å²) in [7, 11) is 0. The molecule has 0 radical (unpaired) electrons. The summed E-state index contributed by atoms with van der Waals surface area (Å²) in [5, 5.41) is 3.76. The van der Waals surface area contributed by atoms with Crippen molar-refractivity contribution >= 4 is 37.5 Å². The number of hydrogen-bond donors (Lipinski definition) is 1. The van der Waals surface area contributed by atoms with Gasteiger partial charge in [-0.2, -0.15) is 0 Å². The van der Waals surface area contributed by atoms with Gasteiger partial charge in [-0.05, 0) is 69.3 Å².